The lowest BCUT2D eigenvalue weighted by atomic mass is 10.1. The lowest BCUT2D eigenvalue weighted by Gasteiger charge is -2.15. The first kappa shape index (κ1) is 40.1. The number of ether oxygens (including phenoxy) is 2. The Balaban J connectivity index is 3.55. The van der Waals surface area contributed by atoms with E-state index < -0.39 is 6.10 Å². The fraction of sp³-hybridized carbons (Fsp3) is 0.711. The summed E-state index contributed by atoms with van der Waals surface area (Å²) < 4.78 is 11.1. The van der Waals surface area contributed by atoms with Crippen LogP contribution in [0.4, 0.5) is 0 Å². The number of hydrogen-bond acceptors (Lipinski definition) is 4. The molecule has 1 atom stereocenters. The van der Waals surface area contributed by atoms with Gasteiger partial charge in [-0.15, -0.1) is 0 Å². The van der Waals surface area contributed by atoms with Crippen molar-refractivity contribution < 1.29 is 19.4 Å². The molecule has 0 heterocycles. The molecule has 1 unspecified atom stereocenters. The molecule has 0 saturated heterocycles. The number of unbranched alkanes of at least 4 members (excludes halogenated alkanes) is 13. The first-order valence-electron chi connectivity index (χ1n) is 17.4. The number of carbonyl (C=O) groups is 1. The van der Waals surface area contributed by atoms with Gasteiger partial charge in [0.15, 0.2) is 0 Å². The van der Waals surface area contributed by atoms with Crippen molar-refractivity contribution in [3.63, 3.8) is 0 Å². The van der Waals surface area contributed by atoms with Crippen LogP contribution in [0, 0.1) is 0 Å². The van der Waals surface area contributed by atoms with Gasteiger partial charge in [0.1, 0.15) is 6.10 Å². The van der Waals surface area contributed by atoms with Crippen molar-refractivity contribution >= 4 is 5.97 Å². The molecule has 0 saturated carbocycles. The summed E-state index contributed by atoms with van der Waals surface area (Å²) in [6.45, 7) is 5.14. The maximum absolute atomic E-state index is 12.1. The van der Waals surface area contributed by atoms with Crippen LogP contribution in [-0.4, -0.2) is 37.0 Å². The SMILES string of the molecule is CC/C=C\C/C=C\C/C=C\CCCCCCOCC(CO)OC(=O)CCCCCCC/C=C\C/C=C\CCCCCC. The first-order chi connectivity index (χ1) is 20.7. The Bertz CT molecular complexity index is 704. The molecular formula is C38H66O4. The monoisotopic (exact) mass is 586 g/mol. The Morgan fingerprint density at radius 2 is 1.07 bits per heavy atom. The largest absolute Gasteiger partial charge is 0.457 e. The average molecular weight is 587 g/mol. The van der Waals surface area contributed by atoms with Crippen molar-refractivity contribution in [2.75, 3.05) is 19.8 Å². The van der Waals surface area contributed by atoms with Gasteiger partial charge < -0.3 is 14.6 Å². The molecule has 4 heteroatoms. The second kappa shape index (κ2) is 35.3. The Morgan fingerprint density at radius 1 is 0.595 bits per heavy atom. The average Bonchev–Trinajstić information content (AvgIpc) is 3.00. The van der Waals surface area contributed by atoms with E-state index in [1.165, 1.54) is 57.8 Å². The van der Waals surface area contributed by atoms with Gasteiger partial charge in [-0.05, 0) is 77.0 Å². The van der Waals surface area contributed by atoms with Gasteiger partial charge >= 0.3 is 5.97 Å². The summed E-state index contributed by atoms with van der Waals surface area (Å²) in [5, 5.41) is 9.53. The summed E-state index contributed by atoms with van der Waals surface area (Å²) in [6.07, 6.45) is 45.4. The van der Waals surface area contributed by atoms with Crippen LogP contribution in [0.1, 0.15) is 149 Å². The topological polar surface area (TPSA) is 55.8 Å². The molecule has 1 N–H and O–H groups in total. The van der Waals surface area contributed by atoms with Gasteiger partial charge in [0.25, 0.3) is 0 Å². The highest BCUT2D eigenvalue weighted by molar-refractivity contribution is 5.69. The number of carbonyl (C=O) groups excluding carboxylic acids is 1. The molecule has 242 valence electrons. The van der Waals surface area contributed by atoms with E-state index in [-0.39, 0.29) is 19.2 Å². The number of aliphatic hydroxyl groups excluding tert-OH is 1. The lowest BCUT2D eigenvalue weighted by Crippen LogP contribution is -2.27. The molecule has 0 fully saturated rings. The molecule has 0 bridgehead atoms. The zero-order valence-electron chi connectivity index (χ0n) is 27.5. The van der Waals surface area contributed by atoms with Crippen LogP contribution >= 0.6 is 0 Å². The highest BCUT2D eigenvalue weighted by Crippen LogP contribution is 2.10. The van der Waals surface area contributed by atoms with E-state index in [4.69, 9.17) is 9.47 Å². The minimum Gasteiger partial charge on any atom is -0.457 e. The summed E-state index contributed by atoms with van der Waals surface area (Å²) >= 11 is 0. The third-order valence-electron chi connectivity index (χ3n) is 7.08. The summed E-state index contributed by atoms with van der Waals surface area (Å²) in [5.41, 5.74) is 0. The highest BCUT2D eigenvalue weighted by Gasteiger charge is 2.13. The van der Waals surface area contributed by atoms with Crippen LogP contribution in [0.25, 0.3) is 0 Å². The molecule has 0 rings (SSSR count). The van der Waals surface area contributed by atoms with E-state index in [9.17, 15) is 9.90 Å². The predicted molar refractivity (Wildman–Crippen MR) is 182 cm³/mol. The third-order valence-corrected chi connectivity index (χ3v) is 7.08. The number of aliphatic hydroxyl groups is 1. The normalized spacial score (nSPS) is 13.1. The van der Waals surface area contributed by atoms with Gasteiger partial charge in [-0.25, -0.2) is 0 Å². The lowest BCUT2D eigenvalue weighted by molar-refractivity contribution is -0.154. The molecule has 0 radical (unpaired) electrons. The molecule has 0 amide bonds. The Labute approximate surface area is 260 Å². The van der Waals surface area contributed by atoms with Crippen molar-refractivity contribution in [3.8, 4) is 0 Å². The highest BCUT2D eigenvalue weighted by atomic mass is 16.6. The Kier molecular flexibility index (Phi) is 33.7. The van der Waals surface area contributed by atoms with Crippen LogP contribution in [0.3, 0.4) is 0 Å². The quantitative estimate of drug-likeness (QED) is 0.0499. The molecule has 0 aromatic rings. The van der Waals surface area contributed by atoms with Crippen molar-refractivity contribution in [2.45, 2.75) is 155 Å². The Hall–Kier alpha value is -1.91. The number of esters is 1. The summed E-state index contributed by atoms with van der Waals surface area (Å²) in [6, 6.07) is 0. The van der Waals surface area contributed by atoms with Crippen molar-refractivity contribution in [1.82, 2.24) is 0 Å². The minimum atomic E-state index is -0.554. The molecule has 0 aromatic heterocycles. The molecular weight excluding hydrogens is 520 g/mol. The van der Waals surface area contributed by atoms with Gasteiger partial charge in [0, 0.05) is 13.0 Å². The molecule has 42 heavy (non-hydrogen) atoms. The molecule has 0 aliphatic heterocycles. The standard InChI is InChI=1S/C38H66O4/c1-3-5-7-9-11-13-15-17-19-20-21-23-25-27-29-31-33-38(40)42-37(35-39)36-41-34-32-30-28-26-24-22-18-16-14-12-10-8-6-4-2/h6,8,12-15,18-20,22,37,39H,3-5,7,9-11,16-17,21,23-36H2,1-2H3/b8-6-,14-12-,15-13-,20-19-,22-18-. The first-order valence-corrected chi connectivity index (χ1v) is 17.4. The van der Waals surface area contributed by atoms with E-state index >= 15 is 0 Å². The fourth-order valence-corrected chi connectivity index (χ4v) is 4.49. The van der Waals surface area contributed by atoms with E-state index in [0.29, 0.717) is 13.0 Å². The van der Waals surface area contributed by atoms with Gasteiger partial charge in [0.2, 0.25) is 0 Å². The van der Waals surface area contributed by atoms with Crippen LogP contribution in [0.5, 0.6) is 0 Å². The van der Waals surface area contributed by atoms with Crippen LogP contribution in [0.15, 0.2) is 60.8 Å². The van der Waals surface area contributed by atoms with E-state index in [1.54, 1.807) is 0 Å². The van der Waals surface area contributed by atoms with Gasteiger partial charge in [0.05, 0.1) is 13.2 Å². The van der Waals surface area contributed by atoms with Crippen molar-refractivity contribution in [2.24, 2.45) is 0 Å². The van der Waals surface area contributed by atoms with Crippen LogP contribution in [0.2, 0.25) is 0 Å². The maximum Gasteiger partial charge on any atom is 0.306 e. The molecule has 0 aliphatic carbocycles. The van der Waals surface area contributed by atoms with E-state index in [0.717, 1.165) is 70.6 Å². The summed E-state index contributed by atoms with van der Waals surface area (Å²) in [5.74, 6) is -0.226. The summed E-state index contributed by atoms with van der Waals surface area (Å²) in [4.78, 5) is 12.1. The predicted octanol–water partition coefficient (Wildman–Crippen LogP) is 10.9. The molecule has 0 aliphatic rings. The summed E-state index contributed by atoms with van der Waals surface area (Å²) in [7, 11) is 0. The van der Waals surface area contributed by atoms with Crippen LogP contribution < -0.4 is 0 Å². The zero-order valence-corrected chi connectivity index (χ0v) is 27.5. The second-order valence-corrected chi connectivity index (χ2v) is 11.2. The van der Waals surface area contributed by atoms with Gasteiger partial charge in [-0.2, -0.15) is 0 Å². The second-order valence-electron chi connectivity index (χ2n) is 11.2. The number of hydrogen-bond donors (Lipinski definition) is 1. The molecule has 0 spiro atoms. The van der Waals surface area contributed by atoms with E-state index in [2.05, 4.69) is 74.6 Å². The van der Waals surface area contributed by atoms with Crippen molar-refractivity contribution in [1.29, 1.82) is 0 Å². The maximum atomic E-state index is 12.1. The molecule has 4 nitrogen and oxygen atoms in total. The number of rotatable bonds is 31. The van der Waals surface area contributed by atoms with Gasteiger partial charge in [-0.1, -0.05) is 126 Å². The smallest absolute Gasteiger partial charge is 0.306 e. The molecule has 0 aromatic carbocycles. The zero-order chi connectivity index (χ0) is 30.6. The third kappa shape index (κ3) is 32.6. The number of allylic oxidation sites excluding steroid dienone is 10. The minimum absolute atomic E-state index is 0.190. The Morgan fingerprint density at radius 3 is 1.62 bits per heavy atom. The van der Waals surface area contributed by atoms with Crippen LogP contribution in [-0.2, 0) is 14.3 Å². The fourth-order valence-electron chi connectivity index (χ4n) is 4.49. The van der Waals surface area contributed by atoms with Gasteiger partial charge in [-0.3, -0.25) is 4.79 Å². The van der Waals surface area contributed by atoms with Crippen molar-refractivity contribution in [3.05, 3.63) is 60.8 Å². The van der Waals surface area contributed by atoms with E-state index in [1.807, 2.05) is 0 Å².